The maximum absolute atomic E-state index is 6.12. The molecule has 1 atom stereocenters. The molecular weight excluding hydrogens is 298 g/mol. The van der Waals surface area contributed by atoms with Gasteiger partial charge < -0.3 is 14.6 Å². The van der Waals surface area contributed by atoms with Crippen molar-refractivity contribution in [1.29, 1.82) is 0 Å². The Bertz CT molecular complexity index is 666. The molecule has 1 N–H and O–H groups in total. The van der Waals surface area contributed by atoms with Crippen LogP contribution in [0.15, 0.2) is 30.5 Å². The normalized spacial score (nSPS) is 21.4. The Morgan fingerprint density at radius 2 is 2.27 bits per heavy atom. The highest BCUT2D eigenvalue weighted by atomic mass is 35.5. The van der Waals surface area contributed by atoms with Crippen LogP contribution in [0.2, 0.25) is 5.02 Å². The molecule has 2 heterocycles. The molecule has 5 heteroatoms. The summed E-state index contributed by atoms with van der Waals surface area (Å²) in [6.07, 6.45) is 6.09. The minimum Gasteiger partial charge on any atom is -0.367 e. The van der Waals surface area contributed by atoms with Gasteiger partial charge in [0.1, 0.15) is 12.4 Å². The molecule has 0 saturated heterocycles. The van der Waals surface area contributed by atoms with E-state index in [0.717, 1.165) is 35.2 Å². The van der Waals surface area contributed by atoms with Crippen molar-refractivity contribution in [1.82, 2.24) is 14.9 Å². The van der Waals surface area contributed by atoms with Gasteiger partial charge in [-0.15, -0.1) is 0 Å². The van der Waals surface area contributed by atoms with E-state index in [2.05, 4.69) is 20.9 Å². The summed E-state index contributed by atoms with van der Waals surface area (Å²) in [4.78, 5) is 4.49. The third-order valence-electron chi connectivity index (χ3n) is 4.63. The second-order valence-corrected chi connectivity index (χ2v) is 6.59. The minimum atomic E-state index is 0.209. The number of nitrogens with one attached hydrogen (secondary N) is 1. The summed E-state index contributed by atoms with van der Waals surface area (Å²) in [5.41, 5.74) is 2.23. The first-order valence-electron chi connectivity index (χ1n) is 7.95. The standard InChI is InChI=1S/C17H20ClN3O/c18-13-4-1-3-12(7-13)16-9-20-17-11-22-15(10-21(16)17)8-19-14-5-2-6-14/h1,3-4,7,9,14-15,19H,2,5-6,8,10-11H2. The fraction of sp³-hybridized carbons (Fsp3) is 0.471. The molecule has 4 rings (SSSR count). The molecule has 1 aromatic heterocycles. The Hall–Kier alpha value is -1.36. The van der Waals surface area contributed by atoms with Crippen LogP contribution in [0.25, 0.3) is 11.3 Å². The largest absolute Gasteiger partial charge is 0.367 e. The van der Waals surface area contributed by atoms with Crippen LogP contribution in [-0.4, -0.2) is 28.2 Å². The van der Waals surface area contributed by atoms with Gasteiger partial charge in [0, 0.05) is 23.2 Å². The van der Waals surface area contributed by atoms with Crippen LogP contribution in [0.3, 0.4) is 0 Å². The number of benzene rings is 1. The predicted molar refractivity (Wildman–Crippen MR) is 86.9 cm³/mol. The quantitative estimate of drug-likeness (QED) is 0.941. The van der Waals surface area contributed by atoms with E-state index in [0.29, 0.717) is 12.6 Å². The number of aromatic nitrogens is 2. The molecule has 1 aliphatic heterocycles. The summed E-state index contributed by atoms with van der Waals surface area (Å²) >= 11 is 6.12. The maximum Gasteiger partial charge on any atom is 0.135 e. The van der Waals surface area contributed by atoms with Gasteiger partial charge in [-0.25, -0.2) is 4.98 Å². The van der Waals surface area contributed by atoms with Gasteiger partial charge in [0.15, 0.2) is 0 Å². The van der Waals surface area contributed by atoms with Crippen LogP contribution in [0, 0.1) is 0 Å². The zero-order valence-corrected chi connectivity index (χ0v) is 13.2. The molecule has 1 unspecified atom stereocenters. The third kappa shape index (κ3) is 2.78. The van der Waals surface area contributed by atoms with Crippen LogP contribution in [0.1, 0.15) is 25.1 Å². The number of nitrogens with zero attached hydrogens (tertiary/aromatic N) is 2. The van der Waals surface area contributed by atoms with Gasteiger partial charge in [-0.1, -0.05) is 30.2 Å². The molecule has 1 aromatic carbocycles. The Labute approximate surface area is 135 Å². The first kappa shape index (κ1) is 14.2. The molecule has 116 valence electrons. The van der Waals surface area contributed by atoms with Crippen molar-refractivity contribution in [3.63, 3.8) is 0 Å². The molecular formula is C17H20ClN3O. The topological polar surface area (TPSA) is 39.1 Å². The second kappa shape index (κ2) is 6.03. The molecule has 22 heavy (non-hydrogen) atoms. The summed E-state index contributed by atoms with van der Waals surface area (Å²) < 4.78 is 8.19. The Kier molecular flexibility index (Phi) is 3.90. The van der Waals surface area contributed by atoms with E-state index in [1.165, 1.54) is 19.3 Å². The summed E-state index contributed by atoms with van der Waals surface area (Å²) in [6, 6.07) is 8.63. The molecule has 0 bridgehead atoms. The first-order valence-corrected chi connectivity index (χ1v) is 8.33. The molecule has 2 aliphatic rings. The van der Waals surface area contributed by atoms with E-state index >= 15 is 0 Å². The number of hydrogen-bond acceptors (Lipinski definition) is 3. The average Bonchev–Trinajstić information content (AvgIpc) is 2.89. The second-order valence-electron chi connectivity index (χ2n) is 6.15. The molecule has 1 fully saturated rings. The van der Waals surface area contributed by atoms with Crippen molar-refractivity contribution in [2.24, 2.45) is 0 Å². The SMILES string of the molecule is Clc1cccc(-c2cnc3n2CC(CNC2CCC2)OC3)c1. The molecule has 2 aromatic rings. The number of rotatable bonds is 4. The fourth-order valence-electron chi connectivity index (χ4n) is 3.09. The van der Waals surface area contributed by atoms with E-state index in [1.54, 1.807) is 0 Å². The number of hydrogen-bond donors (Lipinski definition) is 1. The van der Waals surface area contributed by atoms with Gasteiger partial charge in [0.05, 0.1) is 24.5 Å². The molecule has 0 amide bonds. The van der Waals surface area contributed by atoms with E-state index in [4.69, 9.17) is 16.3 Å². The highest BCUT2D eigenvalue weighted by Gasteiger charge is 2.24. The van der Waals surface area contributed by atoms with Gasteiger partial charge in [-0.2, -0.15) is 0 Å². The molecule has 1 saturated carbocycles. The highest BCUT2D eigenvalue weighted by Crippen LogP contribution is 2.27. The van der Waals surface area contributed by atoms with Crippen LogP contribution in [0.5, 0.6) is 0 Å². The van der Waals surface area contributed by atoms with Crippen molar-refractivity contribution >= 4 is 11.6 Å². The van der Waals surface area contributed by atoms with Crippen molar-refractivity contribution < 1.29 is 4.74 Å². The van der Waals surface area contributed by atoms with Gasteiger partial charge in [-0.3, -0.25) is 0 Å². The monoisotopic (exact) mass is 317 g/mol. The van der Waals surface area contributed by atoms with Gasteiger partial charge in [0.25, 0.3) is 0 Å². The van der Waals surface area contributed by atoms with Crippen LogP contribution in [0.4, 0.5) is 0 Å². The van der Waals surface area contributed by atoms with Gasteiger partial charge in [-0.05, 0) is 25.0 Å². The summed E-state index contributed by atoms with van der Waals surface area (Å²) in [5, 5.41) is 4.35. The van der Waals surface area contributed by atoms with Gasteiger partial charge >= 0.3 is 0 Å². The maximum atomic E-state index is 6.12. The zero-order valence-electron chi connectivity index (χ0n) is 12.5. The lowest BCUT2D eigenvalue weighted by Crippen LogP contribution is -2.43. The molecule has 0 spiro atoms. The van der Waals surface area contributed by atoms with Crippen molar-refractivity contribution in [2.45, 2.75) is 44.6 Å². The predicted octanol–water partition coefficient (Wildman–Crippen LogP) is 3.24. The number of ether oxygens (including phenoxy) is 1. The van der Waals surface area contributed by atoms with E-state index in [1.807, 2.05) is 24.4 Å². The minimum absolute atomic E-state index is 0.209. The number of imidazole rings is 1. The number of halogens is 1. The zero-order chi connectivity index (χ0) is 14.9. The van der Waals surface area contributed by atoms with E-state index in [9.17, 15) is 0 Å². The number of fused-ring (bicyclic) bond motifs is 1. The van der Waals surface area contributed by atoms with Crippen molar-refractivity contribution in [2.75, 3.05) is 6.54 Å². The summed E-state index contributed by atoms with van der Waals surface area (Å²) in [5.74, 6) is 0.995. The Morgan fingerprint density at radius 3 is 3.05 bits per heavy atom. The van der Waals surface area contributed by atoms with Crippen molar-refractivity contribution in [3.05, 3.63) is 41.3 Å². The Balaban J connectivity index is 1.51. The lowest BCUT2D eigenvalue weighted by molar-refractivity contribution is 0.000526. The van der Waals surface area contributed by atoms with Gasteiger partial charge in [0.2, 0.25) is 0 Å². The van der Waals surface area contributed by atoms with Crippen LogP contribution in [-0.2, 0) is 17.9 Å². The van der Waals surface area contributed by atoms with E-state index < -0.39 is 0 Å². The lowest BCUT2D eigenvalue weighted by Gasteiger charge is -2.31. The molecule has 4 nitrogen and oxygen atoms in total. The first-order chi connectivity index (χ1) is 10.8. The summed E-state index contributed by atoms with van der Waals surface area (Å²) in [7, 11) is 0. The molecule has 0 radical (unpaired) electrons. The average molecular weight is 318 g/mol. The third-order valence-corrected chi connectivity index (χ3v) is 4.87. The molecule has 1 aliphatic carbocycles. The highest BCUT2D eigenvalue weighted by molar-refractivity contribution is 6.30. The van der Waals surface area contributed by atoms with E-state index in [-0.39, 0.29) is 6.10 Å². The summed E-state index contributed by atoms with van der Waals surface area (Å²) in [6.45, 7) is 2.34. The smallest absolute Gasteiger partial charge is 0.135 e. The van der Waals surface area contributed by atoms with Crippen molar-refractivity contribution in [3.8, 4) is 11.3 Å². The van der Waals surface area contributed by atoms with Crippen LogP contribution >= 0.6 is 11.6 Å². The fourth-order valence-corrected chi connectivity index (χ4v) is 3.28. The van der Waals surface area contributed by atoms with Crippen LogP contribution < -0.4 is 5.32 Å². The lowest BCUT2D eigenvalue weighted by atomic mass is 9.93. The Morgan fingerprint density at radius 1 is 1.36 bits per heavy atom.